The van der Waals surface area contributed by atoms with E-state index in [4.69, 9.17) is 5.73 Å². The van der Waals surface area contributed by atoms with Crippen LogP contribution in [0.4, 0.5) is 0 Å². The van der Waals surface area contributed by atoms with E-state index >= 15 is 0 Å². The minimum absolute atomic E-state index is 0.0405. The number of nitrogens with two attached hydrogens (primary N) is 1. The Morgan fingerprint density at radius 3 is 2.84 bits per heavy atom. The number of thioether (sulfide) groups is 1. The van der Waals surface area contributed by atoms with Gasteiger partial charge in [0, 0.05) is 5.75 Å². The molecule has 2 aliphatic rings. The zero-order chi connectivity index (χ0) is 18.0. The van der Waals surface area contributed by atoms with E-state index in [2.05, 4.69) is 17.4 Å². The average Bonchev–Trinajstić information content (AvgIpc) is 3.10. The van der Waals surface area contributed by atoms with Crippen molar-refractivity contribution in [3.8, 4) is 0 Å². The van der Waals surface area contributed by atoms with Crippen molar-refractivity contribution in [2.24, 2.45) is 11.7 Å². The Morgan fingerprint density at radius 1 is 1.32 bits per heavy atom. The van der Waals surface area contributed by atoms with E-state index in [-0.39, 0.29) is 23.8 Å². The first-order valence-electron chi connectivity index (χ1n) is 9.01. The third kappa shape index (κ3) is 3.85. The van der Waals surface area contributed by atoms with Gasteiger partial charge in [-0.1, -0.05) is 38.1 Å². The molecule has 0 unspecified atom stereocenters. The molecule has 3 rings (SSSR count). The van der Waals surface area contributed by atoms with Gasteiger partial charge in [0.25, 0.3) is 0 Å². The Bertz CT molecular complexity index is 649. The lowest BCUT2D eigenvalue weighted by atomic mass is 9.87. The van der Waals surface area contributed by atoms with Gasteiger partial charge >= 0.3 is 0 Å². The van der Waals surface area contributed by atoms with E-state index in [9.17, 15) is 9.59 Å². The Morgan fingerprint density at radius 2 is 2.08 bits per heavy atom. The molecule has 0 bridgehead atoms. The summed E-state index contributed by atoms with van der Waals surface area (Å²) in [7, 11) is 0. The molecule has 6 heteroatoms. The van der Waals surface area contributed by atoms with Crippen LogP contribution in [0.5, 0.6) is 0 Å². The number of aryl methyl sites for hydroxylation is 1. The van der Waals surface area contributed by atoms with Gasteiger partial charge in [-0.2, -0.15) is 0 Å². The minimum Gasteiger partial charge on any atom is -0.347 e. The second kappa shape index (κ2) is 7.79. The molecule has 0 spiro atoms. The fraction of sp³-hybridized carbons (Fsp3) is 0.579. The summed E-state index contributed by atoms with van der Waals surface area (Å²) in [5.41, 5.74) is 8.54. The van der Waals surface area contributed by atoms with Crippen LogP contribution in [0.15, 0.2) is 24.3 Å². The molecule has 25 heavy (non-hydrogen) atoms. The predicted molar refractivity (Wildman–Crippen MR) is 101 cm³/mol. The highest BCUT2D eigenvalue weighted by molar-refractivity contribution is 7.99. The van der Waals surface area contributed by atoms with Crippen LogP contribution in [0.3, 0.4) is 0 Å². The normalized spacial score (nSPS) is 24.1. The summed E-state index contributed by atoms with van der Waals surface area (Å²) in [5.74, 6) is 1.06. The van der Waals surface area contributed by atoms with Crippen LogP contribution in [-0.4, -0.2) is 40.4 Å². The molecule has 0 saturated carbocycles. The first-order chi connectivity index (χ1) is 12.0. The number of benzene rings is 1. The molecular formula is C19H27N3O2S. The van der Waals surface area contributed by atoms with Crippen molar-refractivity contribution in [2.75, 3.05) is 11.6 Å². The van der Waals surface area contributed by atoms with Crippen LogP contribution < -0.4 is 11.1 Å². The highest BCUT2D eigenvalue weighted by atomic mass is 32.2. The zero-order valence-corrected chi connectivity index (χ0v) is 15.7. The van der Waals surface area contributed by atoms with Crippen LogP contribution >= 0.6 is 11.8 Å². The van der Waals surface area contributed by atoms with Crippen molar-refractivity contribution in [3.05, 3.63) is 35.4 Å². The van der Waals surface area contributed by atoms with Crippen molar-refractivity contribution < 1.29 is 9.59 Å². The van der Waals surface area contributed by atoms with Crippen molar-refractivity contribution >= 4 is 23.6 Å². The molecule has 1 aliphatic carbocycles. The van der Waals surface area contributed by atoms with Gasteiger partial charge in [-0.3, -0.25) is 9.59 Å². The number of carbonyl (C=O) groups excluding carboxylic acids is 2. The summed E-state index contributed by atoms with van der Waals surface area (Å²) in [5, 5.41) is 3.18. The molecule has 5 nitrogen and oxygen atoms in total. The van der Waals surface area contributed by atoms with Crippen LogP contribution in [0.25, 0.3) is 0 Å². The Balaban J connectivity index is 1.70. The first-order valence-corrected chi connectivity index (χ1v) is 10.2. The molecule has 0 radical (unpaired) electrons. The van der Waals surface area contributed by atoms with Crippen molar-refractivity contribution in [1.82, 2.24) is 10.2 Å². The molecule has 3 atom stereocenters. The quantitative estimate of drug-likeness (QED) is 0.861. The van der Waals surface area contributed by atoms with E-state index in [1.165, 1.54) is 11.1 Å². The van der Waals surface area contributed by atoms with E-state index in [1.807, 2.05) is 26.0 Å². The maximum atomic E-state index is 12.9. The number of rotatable bonds is 4. The first kappa shape index (κ1) is 18.3. The fourth-order valence-corrected chi connectivity index (χ4v) is 4.69. The number of hydrogen-bond donors (Lipinski definition) is 2. The van der Waals surface area contributed by atoms with Crippen molar-refractivity contribution in [2.45, 2.75) is 51.2 Å². The van der Waals surface area contributed by atoms with Crippen LogP contribution in [0.2, 0.25) is 0 Å². The number of carbonyl (C=O) groups is 2. The van der Waals surface area contributed by atoms with Gasteiger partial charge in [0.2, 0.25) is 11.8 Å². The van der Waals surface area contributed by atoms with Crippen LogP contribution in [0, 0.1) is 5.92 Å². The van der Waals surface area contributed by atoms with Gasteiger partial charge < -0.3 is 16.0 Å². The number of fused-ring (bicyclic) bond motifs is 1. The predicted octanol–water partition coefficient (Wildman–Crippen LogP) is 2.06. The van der Waals surface area contributed by atoms with Crippen molar-refractivity contribution in [3.63, 3.8) is 0 Å². The molecule has 1 aromatic carbocycles. The number of amides is 2. The molecule has 1 aromatic rings. The van der Waals surface area contributed by atoms with Gasteiger partial charge in [0.05, 0.1) is 18.0 Å². The molecule has 0 aromatic heterocycles. The standard InChI is InChI=1S/C19H27N3O2S/c1-12(2)17(20)19(24)22-11-25-10-16(22)18(23)21-15-9-5-7-13-6-3-4-8-14(13)15/h3-4,6,8,12,15-17H,5,7,9-11,20H2,1-2H3,(H,21,23)/t15-,16+,17+/m1/s1. The topological polar surface area (TPSA) is 75.4 Å². The van der Waals surface area contributed by atoms with E-state index in [0.29, 0.717) is 11.6 Å². The molecule has 2 amide bonds. The average molecular weight is 362 g/mol. The maximum Gasteiger partial charge on any atom is 0.244 e. The van der Waals surface area contributed by atoms with Crippen molar-refractivity contribution in [1.29, 1.82) is 0 Å². The minimum atomic E-state index is -0.551. The summed E-state index contributed by atoms with van der Waals surface area (Å²) < 4.78 is 0. The summed E-state index contributed by atoms with van der Waals surface area (Å²) in [4.78, 5) is 27.1. The third-order valence-corrected chi connectivity index (χ3v) is 6.17. The SMILES string of the molecule is CC(C)[C@H](N)C(=O)N1CSC[C@H]1C(=O)N[C@@H]1CCCc2ccccc21. The highest BCUT2D eigenvalue weighted by Crippen LogP contribution is 2.30. The molecule has 1 fully saturated rings. The fourth-order valence-electron chi connectivity index (χ4n) is 3.53. The van der Waals surface area contributed by atoms with Crippen LogP contribution in [-0.2, 0) is 16.0 Å². The Labute approximate surface area is 153 Å². The lowest BCUT2D eigenvalue weighted by Crippen LogP contribution is -2.53. The molecule has 3 N–H and O–H groups in total. The number of nitrogens with zero attached hydrogens (tertiary/aromatic N) is 1. The zero-order valence-electron chi connectivity index (χ0n) is 14.9. The Kier molecular flexibility index (Phi) is 5.69. The highest BCUT2D eigenvalue weighted by Gasteiger charge is 2.38. The van der Waals surface area contributed by atoms with Gasteiger partial charge in [-0.05, 0) is 36.3 Å². The van der Waals surface area contributed by atoms with E-state index in [0.717, 1.165) is 19.3 Å². The number of hydrogen-bond acceptors (Lipinski definition) is 4. The second-order valence-electron chi connectivity index (χ2n) is 7.25. The molecule has 1 saturated heterocycles. The summed E-state index contributed by atoms with van der Waals surface area (Å²) in [6.45, 7) is 3.86. The third-order valence-electron chi connectivity index (χ3n) is 5.16. The van der Waals surface area contributed by atoms with Crippen LogP contribution in [0.1, 0.15) is 43.9 Å². The number of nitrogens with one attached hydrogen (secondary N) is 1. The lowest BCUT2D eigenvalue weighted by Gasteiger charge is -2.31. The van der Waals surface area contributed by atoms with E-state index in [1.54, 1.807) is 16.7 Å². The smallest absolute Gasteiger partial charge is 0.244 e. The summed E-state index contributed by atoms with van der Waals surface area (Å²) >= 11 is 1.61. The molecular weight excluding hydrogens is 334 g/mol. The largest absolute Gasteiger partial charge is 0.347 e. The molecule has 1 heterocycles. The van der Waals surface area contributed by atoms with Gasteiger partial charge in [-0.15, -0.1) is 11.8 Å². The monoisotopic (exact) mass is 361 g/mol. The summed E-state index contributed by atoms with van der Waals surface area (Å²) in [6.07, 6.45) is 3.08. The Hall–Kier alpha value is -1.53. The van der Waals surface area contributed by atoms with E-state index < -0.39 is 12.1 Å². The van der Waals surface area contributed by atoms with Gasteiger partial charge in [0.1, 0.15) is 6.04 Å². The summed E-state index contributed by atoms with van der Waals surface area (Å²) in [6, 6.07) is 7.37. The maximum absolute atomic E-state index is 12.9. The van der Waals surface area contributed by atoms with Gasteiger partial charge in [-0.25, -0.2) is 0 Å². The van der Waals surface area contributed by atoms with Gasteiger partial charge in [0.15, 0.2) is 0 Å². The second-order valence-corrected chi connectivity index (χ2v) is 8.25. The lowest BCUT2D eigenvalue weighted by molar-refractivity contribution is -0.140. The molecule has 136 valence electrons. The molecule has 1 aliphatic heterocycles.